The molecule has 14 nitrogen and oxygen atoms in total. The molecule has 0 aliphatic heterocycles. The predicted octanol–water partition coefficient (Wildman–Crippen LogP) is 7.70. The molecular formula is C31H67BrN6O8. The summed E-state index contributed by atoms with van der Waals surface area (Å²) < 4.78 is 36.6. The zero-order valence-electron chi connectivity index (χ0n) is 27.1. The molecule has 15 heteroatoms. The summed E-state index contributed by atoms with van der Waals surface area (Å²) in [6.07, 6.45) is 0. The van der Waals surface area contributed by atoms with E-state index in [4.69, 9.17) is 49.3 Å². The summed E-state index contributed by atoms with van der Waals surface area (Å²) in [5.74, 6) is 0. The fourth-order valence-electron chi connectivity index (χ4n) is 2.07. The van der Waals surface area contributed by atoms with Gasteiger partial charge in [0, 0.05) is 28.2 Å². The zero-order chi connectivity index (χ0) is 32.8. The van der Waals surface area contributed by atoms with Gasteiger partial charge in [-0.3, -0.25) is 0 Å². The lowest BCUT2D eigenvalue weighted by atomic mass is 10.2. The molecule has 0 bridgehead atoms. The first-order chi connectivity index (χ1) is 20.8. The maximum absolute atomic E-state index is 8.39. The molecule has 0 aliphatic rings. The van der Waals surface area contributed by atoms with Gasteiger partial charge in [0.15, 0.2) is 0 Å². The van der Waals surface area contributed by atoms with Gasteiger partial charge in [0.1, 0.15) is 0 Å². The number of alkyl halides is 1. The van der Waals surface area contributed by atoms with Crippen LogP contribution < -0.4 is 0 Å². The molecule has 0 saturated carbocycles. The van der Waals surface area contributed by atoms with Crippen LogP contribution in [0.5, 0.6) is 0 Å². The molecule has 0 amide bonds. The third-order valence-electron chi connectivity index (χ3n) is 5.12. The Hall–Kier alpha value is -1.74. The lowest BCUT2D eigenvalue weighted by molar-refractivity contribution is 0.00124. The van der Waals surface area contributed by atoms with Crippen LogP contribution in [0.2, 0.25) is 0 Å². The first-order valence-electron chi connectivity index (χ1n) is 14.3. The molecule has 0 aliphatic carbocycles. The Bertz CT molecular complexity index is 770. The van der Waals surface area contributed by atoms with E-state index >= 15 is 0 Å². The third-order valence-corrected chi connectivity index (χ3v) is 5.96. The SMILES string of the molecule is C.C.C.CC(C)=C(C)CBr.CC(C)=C(C)COCCOCCOCCOCCN=[N+]=[N-].[N-]=[N+]=NCCOCCOCCOCCO. The van der Waals surface area contributed by atoms with Crippen LogP contribution >= 0.6 is 15.9 Å². The van der Waals surface area contributed by atoms with E-state index in [1.165, 1.54) is 22.3 Å². The normalized spacial score (nSPS) is 9.22. The van der Waals surface area contributed by atoms with Crippen LogP contribution in [0.3, 0.4) is 0 Å². The van der Waals surface area contributed by atoms with E-state index in [-0.39, 0.29) is 28.9 Å². The van der Waals surface area contributed by atoms with E-state index in [1.54, 1.807) is 0 Å². The Balaban J connectivity index is -0.000000141. The monoisotopic (exact) mass is 730 g/mol. The van der Waals surface area contributed by atoms with E-state index in [2.05, 4.69) is 77.5 Å². The van der Waals surface area contributed by atoms with Crippen molar-refractivity contribution in [3.8, 4) is 0 Å². The second-order valence-electron chi connectivity index (χ2n) is 9.05. The highest BCUT2D eigenvalue weighted by Crippen LogP contribution is 2.03. The van der Waals surface area contributed by atoms with E-state index in [9.17, 15) is 0 Å². The molecule has 0 rings (SSSR count). The number of ether oxygens (including phenoxy) is 7. The van der Waals surface area contributed by atoms with Crippen LogP contribution in [0, 0.1) is 0 Å². The van der Waals surface area contributed by atoms with Gasteiger partial charge in [-0.2, -0.15) is 0 Å². The van der Waals surface area contributed by atoms with Gasteiger partial charge in [-0.1, -0.05) is 65.2 Å². The first-order valence-corrected chi connectivity index (χ1v) is 15.4. The maximum Gasteiger partial charge on any atom is 0.0704 e. The molecular weight excluding hydrogens is 664 g/mol. The Morgan fingerprint density at radius 1 is 0.522 bits per heavy atom. The van der Waals surface area contributed by atoms with Gasteiger partial charge in [0.2, 0.25) is 0 Å². The zero-order valence-corrected chi connectivity index (χ0v) is 28.7. The molecule has 0 heterocycles. The number of allylic oxidation sites excluding steroid dienone is 3. The summed E-state index contributed by atoms with van der Waals surface area (Å²) in [5, 5.41) is 16.1. The number of nitrogens with zero attached hydrogens (tertiary/aromatic N) is 6. The third kappa shape index (κ3) is 54.7. The van der Waals surface area contributed by atoms with Gasteiger partial charge in [0.25, 0.3) is 0 Å². The topological polar surface area (TPSA) is 182 Å². The molecule has 0 unspecified atom stereocenters. The average molecular weight is 732 g/mol. The summed E-state index contributed by atoms with van der Waals surface area (Å²) in [4.78, 5) is 5.22. The van der Waals surface area contributed by atoms with Gasteiger partial charge in [-0.25, -0.2) is 0 Å². The second kappa shape index (κ2) is 50.1. The van der Waals surface area contributed by atoms with Gasteiger partial charge >= 0.3 is 0 Å². The minimum atomic E-state index is 0. The molecule has 0 spiro atoms. The van der Waals surface area contributed by atoms with Crippen molar-refractivity contribution >= 4 is 15.9 Å². The number of aliphatic hydroxyl groups excluding tert-OH is 1. The van der Waals surface area contributed by atoms with Crippen LogP contribution in [0.4, 0.5) is 0 Å². The molecule has 1 N–H and O–H groups in total. The number of rotatable bonds is 26. The Morgan fingerprint density at radius 3 is 1.09 bits per heavy atom. The number of hydrogen-bond donors (Lipinski definition) is 1. The minimum Gasteiger partial charge on any atom is -0.394 e. The molecule has 46 heavy (non-hydrogen) atoms. The van der Waals surface area contributed by atoms with Crippen molar-refractivity contribution in [1.29, 1.82) is 0 Å². The van der Waals surface area contributed by atoms with Crippen LogP contribution in [-0.4, -0.2) is 123 Å². The van der Waals surface area contributed by atoms with Crippen molar-refractivity contribution in [2.75, 3.05) is 118 Å². The molecule has 0 aromatic rings. The highest BCUT2D eigenvalue weighted by molar-refractivity contribution is 9.09. The molecule has 276 valence electrons. The molecule has 0 aromatic heterocycles. The van der Waals surface area contributed by atoms with E-state index in [0.717, 1.165) is 5.33 Å². The van der Waals surface area contributed by atoms with E-state index in [0.29, 0.717) is 106 Å². The number of halogens is 1. The number of aliphatic hydroxyl groups is 1. The van der Waals surface area contributed by atoms with Crippen molar-refractivity contribution < 1.29 is 38.3 Å². The highest BCUT2D eigenvalue weighted by Gasteiger charge is 1.95. The van der Waals surface area contributed by atoms with Crippen LogP contribution in [0.1, 0.15) is 63.8 Å². The van der Waals surface area contributed by atoms with Gasteiger partial charge in [-0.15, -0.1) is 0 Å². The molecule has 0 atom stereocenters. The Morgan fingerprint density at radius 2 is 0.826 bits per heavy atom. The van der Waals surface area contributed by atoms with Crippen molar-refractivity contribution in [2.24, 2.45) is 10.2 Å². The summed E-state index contributed by atoms with van der Waals surface area (Å²) in [7, 11) is 0. The summed E-state index contributed by atoms with van der Waals surface area (Å²) in [5.41, 5.74) is 21.4. The van der Waals surface area contributed by atoms with Crippen LogP contribution in [-0.2, 0) is 33.2 Å². The average Bonchev–Trinajstić information content (AvgIpc) is 3.00. The van der Waals surface area contributed by atoms with Gasteiger partial charge < -0.3 is 38.3 Å². The van der Waals surface area contributed by atoms with Gasteiger partial charge in [0.05, 0.1) is 99.1 Å². The predicted molar refractivity (Wildman–Crippen MR) is 193 cm³/mol. The smallest absolute Gasteiger partial charge is 0.0704 e. The van der Waals surface area contributed by atoms with Crippen LogP contribution in [0.25, 0.3) is 20.9 Å². The Kier molecular flexibility index (Phi) is 61.7. The lowest BCUT2D eigenvalue weighted by Gasteiger charge is -2.08. The van der Waals surface area contributed by atoms with Crippen LogP contribution in [0.15, 0.2) is 32.5 Å². The summed E-state index contributed by atoms with van der Waals surface area (Å²) >= 11 is 3.36. The van der Waals surface area contributed by atoms with Crippen molar-refractivity contribution in [2.45, 2.75) is 63.8 Å². The molecule has 0 fully saturated rings. The van der Waals surface area contributed by atoms with E-state index < -0.39 is 0 Å². The van der Waals surface area contributed by atoms with Crippen molar-refractivity contribution in [3.63, 3.8) is 0 Å². The largest absolute Gasteiger partial charge is 0.394 e. The Labute approximate surface area is 288 Å². The second-order valence-corrected chi connectivity index (χ2v) is 9.61. The van der Waals surface area contributed by atoms with Gasteiger partial charge in [-0.05, 0) is 58.2 Å². The fourth-order valence-corrected chi connectivity index (χ4v) is 2.63. The standard InChI is InChI=1S/C14H27N3O4.C8H17N3O4.C6H11Br.3CH4/c1-13(2)14(3)12-21-11-10-20-9-8-19-7-6-18-5-4-16-17-15;9-11-10-1-3-13-5-7-15-8-6-14-4-2-12;1-5(2)6(3)4-7;;;/h4-12H2,1-3H3;12H,1-8H2;4H2,1-3H3;3*1H4. The molecule has 0 radical (unpaired) electrons. The summed E-state index contributed by atoms with van der Waals surface area (Å²) in [6, 6.07) is 0. The molecule has 0 saturated heterocycles. The van der Waals surface area contributed by atoms with Crippen molar-refractivity contribution in [3.05, 3.63) is 43.2 Å². The first kappa shape index (κ1) is 56.6. The molecule has 0 aromatic carbocycles. The van der Waals surface area contributed by atoms with E-state index in [1.807, 2.05) is 0 Å². The summed E-state index contributed by atoms with van der Waals surface area (Å²) in [6.45, 7) is 20.3. The number of hydrogen-bond acceptors (Lipinski definition) is 10. The lowest BCUT2D eigenvalue weighted by Crippen LogP contribution is -2.12. The fraction of sp³-hybridized carbons (Fsp3) is 0.871. The van der Waals surface area contributed by atoms with Crippen molar-refractivity contribution in [1.82, 2.24) is 0 Å². The maximum atomic E-state index is 8.39. The quantitative estimate of drug-likeness (QED) is 0.0234. The minimum absolute atomic E-state index is 0. The number of azide groups is 2. The highest BCUT2D eigenvalue weighted by atomic mass is 79.9.